The molecule has 0 bridgehead atoms. The van der Waals surface area contributed by atoms with Gasteiger partial charge in [0, 0.05) is 11.9 Å². The van der Waals surface area contributed by atoms with Crippen molar-refractivity contribution in [2.75, 3.05) is 0 Å². The van der Waals surface area contributed by atoms with Gasteiger partial charge in [-0.15, -0.1) is 0 Å². The average Bonchev–Trinajstić information content (AvgIpc) is 2.51. The summed E-state index contributed by atoms with van der Waals surface area (Å²) in [4.78, 5) is 15.2. The van der Waals surface area contributed by atoms with E-state index in [9.17, 15) is 4.79 Å². The second-order valence-electron chi connectivity index (χ2n) is 4.19. The van der Waals surface area contributed by atoms with Gasteiger partial charge < -0.3 is 9.51 Å². The first-order chi connectivity index (χ1) is 7.50. The van der Waals surface area contributed by atoms with E-state index in [-0.39, 0.29) is 5.56 Å². The summed E-state index contributed by atoms with van der Waals surface area (Å²) >= 11 is 0. The van der Waals surface area contributed by atoms with Gasteiger partial charge in [-0.1, -0.05) is 13.8 Å². The Morgan fingerprint density at radius 3 is 2.75 bits per heavy atom. The van der Waals surface area contributed by atoms with Crippen LogP contribution in [0.1, 0.15) is 41.5 Å². The third kappa shape index (κ3) is 1.56. The minimum Gasteiger partial charge on any atom is -0.478 e. The summed E-state index contributed by atoms with van der Waals surface area (Å²) in [5.41, 5.74) is 3.05. The monoisotopic (exact) mass is 218 g/mol. The van der Waals surface area contributed by atoms with E-state index in [4.69, 9.17) is 5.11 Å². The number of aryl methyl sites for hydroxylation is 1. The lowest BCUT2D eigenvalue weighted by Crippen LogP contribution is -2.00. The first-order valence-electron chi connectivity index (χ1n) is 5.22. The van der Waals surface area contributed by atoms with Gasteiger partial charge in [0.2, 0.25) is 0 Å². The van der Waals surface area contributed by atoms with Gasteiger partial charge in [0.15, 0.2) is 0 Å². The summed E-state index contributed by atoms with van der Waals surface area (Å²) in [6.07, 6.45) is 1.77. The number of carboxylic acid groups (broad SMARTS) is 1. The Balaban J connectivity index is 2.70. The molecule has 0 aromatic carbocycles. The highest BCUT2D eigenvalue weighted by atomic mass is 16.4. The maximum absolute atomic E-state index is 10.8. The van der Waals surface area contributed by atoms with Gasteiger partial charge in [-0.05, 0) is 25.0 Å². The van der Waals surface area contributed by atoms with E-state index >= 15 is 0 Å². The standard InChI is InChI=1S/C12H14N2O2/c1-7(2)11-8(3)13-10-6-9(12(15)16)4-5-14(10)11/h4-7H,1-3H3,(H,15,16). The van der Waals surface area contributed by atoms with Gasteiger partial charge in [0.1, 0.15) is 5.65 Å². The first-order valence-corrected chi connectivity index (χ1v) is 5.22. The van der Waals surface area contributed by atoms with Crippen molar-refractivity contribution in [3.05, 3.63) is 35.3 Å². The van der Waals surface area contributed by atoms with Gasteiger partial charge in [0.05, 0.1) is 11.3 Å². The smallest absolute Gasteiger partial charge is 0.335 e. The molecule has 2 aromatic rings. The molecule has 0 spiro atoms. The lowest BCUT2D eigenvalue weighted by molar-refractivity contribution is 0.0697. The minimum atomic E-state index is -0.922. The van der Waals surface area contributed by atoms with Crippen LogP contribution in [0.25, 0.3) is 5.65 Å². The van der Waals surface area contributed by atoms with E-state index in [2.05, 4.69) is 18.8 Å². The van der Waals surface area contributed by atoms with Crippen molar-refractivity contribution in [1.82, 2.24) is 9.38 Å². The topological polar surface area (TPSA) is 54.6 Å². The van der Waals surface area contributed by atoms with E-state index in [0.29, 0.717) is 11.6 Å². The molecule has 16 heavy (non-hydrogen) atoms. The molecule has 2 heterocycles. The van der Waals surface area contributed by atoms with Crippen LogP contribution in [0.4, 0.5) is 0 Å². The van der Waals surface area contributed by atoms with Crippen molar-refractivity contribution < 1.29 is 9.90 Å². The summed E-state index contributed by atoms with van der Waals surface area (Å²) in [6, 6.07) is 3.20. The van der Waals surface area contributed by atoms with Crippen LogP contribution < -0.4 is 0 Å². The van der Waals surface area contributed by atoms with Crippen molar-refractivity contribution >= 4 is 11.6 Å². The summed E-state index contributed by atoms with van der Waals surface area (Å²) in [7, 11) is 0. The van der Waals surface area contributed by atoms with E-state index in [0.717, 1.165) is 11.4 Å². The van der Waals surface area contributed by atoms with Crippen LogP contribution in [-0.2, 0) is 0 Å². The Morgan fingerprint density at radius 1 is 1.50 bits per heavy atom. The van der Waals surface area contributed by atoms with Crippen LogP contribution in [0, 0.1) is 6.92 Å². The Kier molecular flexibility index (Phi) is 2.42. The summed E-state index contributed by atoms with van der Waals surface area (Å²) in [6.45, 7) is 6.14. The zero-order valence-corrected chi connectivity index (χ0v) is 9.56. The van der Waals surface area contributed by atoms with Gasteiger partial charge in [-0.2, -0.15) is 0 Å². The SMILES string of the molecule is Cc1nc2cc(C(=O)O)ccn2c1C(C)C. The van der Waals surface area contributed by atoms with Crippen LogP contribution >= 0.6 is 0 Å². The Hall–Kier alpha value is -1.84. The Morgan fingerprint density at radius 2 is 2.19 bits per heavy atom. The molecular formula is C12H14N2O2. The summed E-state index contributed by atoms with van der Waals surface area (Å²) in [5, 5.41) is 8.89. The number of pyridine rings is 1. The average molecular weight is 218 g/mol. The zero-order chi connectivity index (χ0) is 11.9. The fourth-order valence-electron chi connectivity index (χ4n) is 2.01. The predicted octanol–water partition coefficient (Wildman–Crippen LogP) is 2.46. The maximum atomic E-state index is 10.8. The molecule has 0 amide bonds. The molecule has 1 N–H and O–H groups in total. The quantitative estimate of drug-likeness (QED) is 0.842. The van der Waals surface area contributed by atoms with E-state index in [1.807, 2.05) is 11.3 Å². The van der Waals surface area contributed by atoms with Gasteiger partial charge in [-0.25, -0.2) is 9.78 Å². The van der Waals surface area contributed by atoms with Crippen molar-refractivity contribution in [3.8, 4) is 0 Å². The number of carboxylic acids is 1. The minimum absolute atomic E-state index is 0.271. The van der Waals surface area contributed by atoms with E-state index in [1.165, 1.54) is 0 Å². The molecule has 0 unspecified atom stereocenters. The highest BCUT2D eigenvalue weighted by molar-refractivity contribution is 5.88. The van der Waals surface area contributed by atoms with Crippen LogP contribution in [0.5, 0.6) is 0 Å². The number of aromatic carboxylic acids is 1. The lowest BCUT2D eigenvalue weighted by Gasteiger charge is -2.06. The fourth-order valence-corrected chi connectivity index (χ4v) is 2.01. The van der Waals surface area contributed by atoms with Gasteiger partial charge in [0.25, 0.3) is 0 Å². The number of nitrogens with zero attached hydrogens (tertiary/aromatic N) is 2. The molecule has 0 saturated carbocycles. The van der Waals surface area contributed by atoms with E-state index < -0.39 is 5.97 Å². The fraction of sp³-hybridized carbons (Fsp3) is 0.333. The highest BCUT2D eigenvalue weighted by Crippen LogP contribution is 2.21. The number of carbonyl (C=O) groups is 1. The second kappa shape index (κ2) is 3.63. The molecule has 0 aliphatic heterocycles. The molecule has 2 aromatic heterocycles. The number of aromatic nitrogens is 2. The number of rotatable bonds is 2. The molecule has 2 rings (SSSR count). The molecule has 0 radical (unpaired) electrons. The molecule has 0 atom stereocenters. The molecule has 4 nitrogen and oxygen atoms in total. The molecule has 0 aliphatic rings. The third-order valence-corrected chi connectivity index (χ3v) is 2.64. The van der Waals surface area contributed by atoms with Gasteiger partial charge in [-0.3, -0.25) is 0 Å². The number of hydrogen-bond donors (Lipinski definition) is 1. The number of fused-ring (bicyclic) bond motifs is 1. The molecule has 84 valence electrons. The van der Waals surface area contributed by atoms with Gasteiger partial charge >= 0.3 is 5.97 Å². The normalized spacial score (nSPS) is 11.2. The van der Waals surface area contributed by atoms with Crippen molar-refractivity contribution in [2.24, 2.45) is 0 Å². The van der Waals surface area contributed by atoms with Crippen LogP contribution in [0.3, 0.4) is 0 Å². The van der Waals surface area contributed by atoms with Crippen LogP contribution in [0.15, 0.2) is 18.3 Å². The van der Waals surface area contributed by atoms with Crippen LogP contribution in [-0.4, -0.2) is 20.5 Å². The maximum Gasteiger partial charge on any atom is 0.335 e. The summed E-state index contributed by atoms with van der Waals surface area (Å²) in [5.74, 6) is -0.556. The zero-order valence-electron chi connectivity index (χ0n) is 9.56. The largest absolute Gasteiger partial charge is 0.478 e. The summed E-state index contributed by atoms with van der Waals surface area (Å²) < 4.78 is 1.95. The van der Waals surface area contributed by atoms with E-state index in [1.54, 1.807) is 18.3 Å². The molecular weight excluding hydrogens is 204 g/mol. The Bertz CT molecular complexity index is 555. The number of imidazole rings is 1. The second-order valence-corrected chi connectivity index (χ2v) is 4.19. The highest BCUT2D eigenvalue weighted by Gasteiger charge is 2.13. The molecule has 4 heteroatoms. The molecule has 0 aliphatic carbocycles. The molecule has 0 saturated heterocycles. The van der Waals surface area contributed by atoms with Crippen molar-refractivity contribution in [1.29, 1.82) is 0 Å². The predicted molar refractivity (Wildman–Crippen MR) is 61.0 cm³/mol. The Labute approximate surface area is 93.5 Å². The number of hydrogen-bond acceptors (Lipinski definition) is 2. The third-order valence-electron chi connectivity index (χ3n) is 2.64. The van der Waals surface area contributed by atoms with Crippen LogP contribution in [0.2, 0.25) is 0 Å². The first kappa shape index (κ1) is 10.7. The van der Waals surface area contributed by atoms with Crippen molar-refractivity contribution in [2.45, 2.75) is 26.7 Å². The molecule has 0 fully saturated rings. The lowest BCUT2D eigenvalue weighted by atomic mass is 10.1. The van der Waals surface area contributed by atoms with Crippen molar-refractivity contribution in [3.63, 3.8) is 0 Å².